The summed E-state index contributed by atoms with van der Waals surface area (Å²) in [7, 11) is 1.61. The van der Waals surface area contributed by atoms with Crippen molar-refractivity contribution >= 4 is 33.1 Å². The number of methoxy groups -OCH3 is 1. The van der Waals surface area contributed by atoms with Crippen LogP contribution in [0.15, 0.2) is 12.3 Å². The van der Waals surface area contributed by atoms with Crippen LogP contribution in [0.4, 0.5) is 5.69 Å². The van der Waals surface area contributed by atoms with Crippen LogP contribution in [-0.4, -0.2) is 35.9 Å². The van der Waals surface area contributed by atoms with Gasteiger partial charge in [0.1, 0.15) is 9.71 Å². The van der Waals surface area contributed by atoms with Gasteiger partial charge in [0.15, 0.2) is 0 Å². The molecule has 3 N–H and O–H groups in total. The second kappa shape index (κ2) is 5.94. The monoisotopic (exact) mass is 280 g/mol. The van der Waals surface area contributed by atoms with Crippen molar-refractivity contribution < 1.29 is 9.53 Å². The number of anilines is 1. The molecule has 2 aromatic heterocycles. The average molecular weight is 280 g/mol. The second-order valence-corrected chi connectivity index (χ2v) is 5.13. The van der Waals surface area contributed by atoms with E-state index in [1.807, 2.05) is 6.92 Å². The van der Waals surface area contributed by atoms with Crippen molar-refractivity contribution in [2.45, 2.75) is 19.4 Å². The lowest BCUT2D eigenvalue weighted by molar-refractivity contribution is 0.0899. The quantitative estimate of drug-likeness (QED) is 0.864. The number of fused-ring (bicyclic) bond motifs is 1. The first kappa shape index (κ1) is 13.7. The zero-order valence-electron chi connectivity index (χ0n) is 10.8. The molecular formula is C12H16N4O2S. The number of aromatic nitrogens is 2. The van der Waals surface area contributed by atoms with Crippen molar-refractivity contribution in [1.29, 1.82) is 0 Å². The van der Waals surface area contributed by atoms with E-state index in [4.69, 9.17) is 10.5 Å². The Hall–Kier alpha value is -1.73. The number of rotatable bonds is 5. The maximum absolute atomic E-state index is 12.2. The molecule has 0 aromatic carbocycles. The molecule has 0 bridgehead atoms. The van der Waals surface area contributed by atoms with Crippen LogP contribution in [0.25, 0.3) is 10.2 Å². The number of carbonyl (C=O) groups is 1. The molecule has 0 radical (unpaired) electrons. The number of nitrogens with zero attached hydrogens (tertiary/aromatic N) is 2. The predicted molar refractivity (Wildman–Crippen MR) is 75.2 cm³/mol. The normalized spacial score (nSPS) is 12.5. The minimum Gasteiger partial charge on any atom is -0.397 e. The van der Waals surface area contributed by atoms with Crippen molar-refractivity contribution in [2.75, 3.05) is 19.5 Å². The maximum Gasteiger partial charge on any atom is 0.263 e. The summed E-state index contributed by atoms with van der Waals surface area (Å²) in [5, 5.41) is 11.4. The Bertz CT molecular complexity index is 584. The van der Waals surface area contributed by atoms with E-state index >= 15 is 0 Å². The molecule has 2 heterocycles. The van der Waals surface area contributed by atoms with Gasteiger partial charge in [0, 0.05) is 12.5 Å². The molecule has 2 aromatic rings. The third kappa shape index (κ3) is 2.82. The van der Waals surface area contributed by atoms with Gasteiger partial charge in [-0.2, -0.15) is 5.10 Å². The van der Waals surface area contributed by atoms with Crippen LogP contribution in [0.3, 0.4) is 0 Å². The highest BCUT2D eigenvalue weighted by molar-refractivity contribution is 7.21. The van der Waals surface area contributed by atoms with Gasteiger partial charge in [0.2, 0.25) is 0 Å². The molecule has 0 aliphatic heterocycles. The van der Waals surface area contributed by atoms with Crippen LogP contribution < -0.4 is 11.1 Å². The Kier molecular flexibility index (Phi) is 4.28. The van der Waals surface area contributed by atoms with Gasteiger partial charge in [-0.3, -0.25) is 4.79 Å². The minimum absolute atomic E-state index is 0.0202. The van der Waals surface area contributed by atoms with E-state index in [9.17, 15) is 4.79 Å². The Morgan fingerprint density at radius 2 is 2.42 bits per heavy atom. The molecule has 2 rings (SSSR count). The molecule has 6 nitrogen and oxygen atoms in total. The van der Waals surface area contributed by atoms with E-state index in [2.05, 4.69) is 15.5 Å². The highest BCUT2D eigenvalue weighted by Gasteiger charge is 2.19. The fourth-order valence-corrected chi connectivity index (χ4v) is 2.70. The molecule has 7 heteroatoms. The van der Waals surface area contributed by atoms with E-state index in [-0.39, 0.29) is 11.9 Å². The highest BCUT2D eigenvalue weighted by Crippen LogP contribution is 2.31. The molecule has 0 saturated heterocycles. The number of hydrogen-bond donors (Lipinski definition) is 2. The molecule has 0 saturated carbocycles. The van der Waals surface area contributed by atoms with Gasteiger partial charge < -0.3 is 15.8 Å². The zero-order chi connectivity index (χ0) is 13.8. The van der Waals surface area contributed by atoms with E-state index in [0.717, 1.165) is 11.8 Å². The lowest BCUT2D eigenvalue weighted by atomic mass is 10.2. The molecule has 0 aliphatic carbocycles. The summed E-state index contributed by atoms with van der Waals surface area (Å²) in [5.74, 6) is -0.190. The predicted octanol–water partition coefficient (Wildman–Crippen LogP) is 1.43. The molecule has 1 amide bonds. The van der Waals surface area contributed by atoms with Gasteiger partial charge in [-0.25, -0.2) is 0 Å². The number of hydrogen-bond acceptors (Lipinski definition) is 6. The minimum atomic E-state index is -0.190. The summed E-state index contributed by atoms with van der Waals surface area (Å²) in [6.45, 7) is 2.47. The van der Waals surface area contributed by atoms with Gasteiger partial charge in [0.05, 0.1) is 24.5 Å². The first-order valence-electron chi connectivity index (χ1n) is 5.96. The van der Waals surface area contributed by atoms with Crippen LogP contribution >= 0.6 is 11.3 Å². The number of amides is 1. The van der Waals surface area contributed by atoms with Crippen LogP contribution in [0, 0.1) is 0 Å². The first-order valence-corrected chi connectivity index (χ1v) is 6.78. The number of nitrogens with one attached hydrogen (secondary N) is 1. The smallest absolute Gasteiger partial charge is 0.263 e. The first-order chi connectivity index (χ1) is 9.17. The van der Waals surface area contributed by atoms with E-state index in [0.29, 0.717) is 22.0 Å². The molecule has 0 aliphatic rings. The standard InChI is InChI=1S/C12H16N4O2S/c1-3-7(6-18-2)15-11(17)10-9(13)8-4-5-14-16-12(8)19-10/h4-5,7H,3,6,13H2,1-2H3,(H,15,17). The van der Waals surface area contributed by atoms with Crippen molar-refractivity contribution in [2.24, 2.45) is 0 Å². The lowest BCUT2D eigenvalue weighted by Gasteiger charge is -2.15. The van der Waals surface area contributed by atoms with Crippen LogP contribution in [0.1, 0.15) is 23.0 Å². The van der Waals surface area contributed by atoms with Gasteiger partial charge in [0.25, 0.3) is 5.91 Å². The number of nitrogen functional groups attached to an aromatic ring is 1. The Labute approximate surface area is 115 Å². The van der Waals surface area contributed by atoms with Crippen LogP contribution in [-0.2, 0) is 4.74 Å². The molecule has 0 fully saturated rings. The summed E-state index contributed by atoms with van der Waals surface area (Å²) in [5.41, 5.74) is 6.44. The summed E-state index contributed by atoms with van der Waals surface area (Å²) in [4.78, 5) is 13.3. The summed E-state index contributed by atoms with van der Waals surface area (Å²) in [6.07, 6.45) is 2.36. The van der Waals surface area contributed by atoms with Crippen molar-refractivity contribution in [1.82, 2.24) is 15.5 Å². The summed E-state index contributed by atoms with van der Waals surface area (Å²) >= 11 is 1.25. The average Bonchev–Trinajstić information content (AvgIpc) is 2.76. The van der Waals surface area contributed by atoms with Crippen LogP contribution in [0.2, 0.25) is 0 Å². The third-order valence-corrected chi connectivity index (χ3v) is 3.93. The summed E-state index contributed by atoms with van der Waals surface area (Å²) in [6, 6.07) is 1.74. The van der Waals surface area contributed by atoms with E-state index in [1.165, 1.54) is 11.3 Å². The Morgan fingerprint density at radius 1 is 1.63 bits per heavy atom. The number of nitrogens with two attached hydrogens (primary N) is 1. The number of ether oxygens (including phenoxy) is 1. The highest BCUT2D eigenvalue weighted by atomic mass is 32.1. The van der Waals surface area contributed by atoms with Crippen molar-refractivity contribution in [3.05, 3.63) is 17.1 Å². The van der Waals surface area contributed by atoms with Crippen molar-refractivity contribution in [3.63, 3.8) is 0 Å². The molecular weight excluding hydrogens is 264 g/mol. The number of thiophene rings is 1. The third-order valence-electron chi connectivity index (χ3n) is 2.82. The van der Waals surface area contributed by atoms with Crippen molar-refractivity contribution in [3.8, 4) is 0 Å². The molecule has 102 valence electrons. The maximum atomic E-state index is 12.2. The largest absolute Gasteiger partial charge is 0.397 e. The number of carbonyl (C=O) groups excluding carboxylic acids is 1. The lowest BCUT2D eigenvalue weighted by Crippen LogP contribution is -2.37. The topological polar surface area (TPSA) is 90.1 Å². The van der Waals surface area contributed by atoms with E-state index in [1.54, 1.807) is 19.4 Å². The molecule has 19 heavy (non-hydrogen) atoms. The van der Waals surface area contributed by atoms with E-state index < -0.39 is 0 Å². The molecule has 1 unspecified atom stereocenters. The molecule has 0 spiro atoms. The molecule has 1 atom stereocenters. The fraction of sp³-hybridized carbons (Fsp3) is 0.417. The zero-order valence-corrected chi connectivity index (χ0v) is 11.7. The fourth-order valence-electron chi connectivity index (χ4n) is 1.76. The van der Waals surface area contributed by atoms with Gasteiger partial charge in [-0.1, -0.05) is 6.92 Å². The van der Waals surface area contributed by atoms with Gasteiger partial charge >= 0.3 is 0 Å². The summed E-state index contributed by atoms with van der Waals surface area (Å²) < 4.78 is 5.06. The van der Waals surface area contributed by atoms with Gasteiger partial charge in [-0.05, 0) is 12.5 Å². The second-order valence-electron chi connectivity index (χ2n) is 4.13. The Morgan fingerprint density at radius 3 is 3.05 bits per heavy atom. The Balaban J connectivity index is 2.24. The van der Waals surface area contributed by atoms with Crippen LogP contribution in [0.5, 0.6) is 0 Å². The van der Waals surface area contributed by atoms with Gasteiger partial charge in [-0.15, -0.1) is 16.4 Å². The SMILES string of the molecule is CCC(COC)NC(=O)c1sc2nnccc2c1N.